The minimum absolute atomic E-state index is 0.0621. The third-order valence-corrected chi connectivity index (χ3v) is 5.12. The molecule has 0 radical (unpaired) electrons. The van der Waals surface area contributed by atoms with Crippen molar-refractivity contribution in [3.8, 4) is 11.3 Å². The molecule has 29 heavy (non-hydrogen) atoms. The van der Waals surface area contributed by atoms with Gasteiger partial charge in [0.15, 0.2) is 0 Å². The summed E-state index contributed by atoms with van der Waals surface area (Å²) >= 11 is 0. The Morgan fingerprint density at radius 1 is 0.931 bits per heavy atom. The van der Waals surface area contributed by atoms with Gasteiger partial charge in [-0.3, -0.25) is 9.78 Å². The van der Waals surface area contributed by atoms with E-state index in [-0.39, 0.29) is 5.91 Å². The fraction of sp³-hybridized carbons (Fsp3) is 0.304. The maximum atomic E-state index is 13.2. The van der Waals surface area contributed by atoms with E-state index in [0.717, 1.165) is 49.0 Å². The lowest BCUT2D eigenvalue weighted by atomic mass is 10.0. The lowest BCUT2D eigenvalue weighted by Gasteiger charge is -2.22. The predicted octanol–water partition coefficient (Wildman–Crippen LogP) is 3.51. The highest BCUT2D eigenvalue weighted by molar-refractivity contribution is 5.95. The molecular weight excluding hydrogens is 362 g/mol. The van der Waals surface area contributed by atoms with Crippen molar-refractivity contribution in [3.63, 3.8) is 0 Å². The average Bonchev–Trinajstić information content (AvgIpc) is 3.00. The predicted molar refractivity (Wildman–Crippen MR) is 114 cm³/mol. The Kier molecular flexibility index (Phi) is 5.51. The number of hydrogen-bond donors (Lipinski definition) is 0. The van der Waals surface area contributed by atoms with Crippen molar-refractivity contribution in [1.82, 2.24) is 19.9 Å². The van der Waals surface area contributed by atoms with Gasteiger partial charge >= 0.3 is 0 Å². The number of rotatable bonds is 3. The van der Waals surface area contributed by atoms with Crippen LogP contribution in [-0.2, 0) is 0 Å². The lowest BCUT2D eigenvalue weighted by molar-refractivity contribution is 0.0767. The Morgan fingerprint density at radius 2 is 1.76 bits per heavy atom. The molecule has 1 aliphatic rings. The minimum Gasteiger partial charge on any atom is -0.339 e. The standard InChI is InChI=1S/C23H25N5O/c1-17-14-18(2)26-21(15-17)19-6-3-7-20(16-19)22(29)27-10-5-11-28(13-12-27)23-24-8-4-9-25-23/h3-4,6-9,14-16H,5,10-13H2,1-2H3. The summed E-state index contributed by atoms with van der Waals surface area (Å²) in [5, 5.41) is 0. The Labute approximate surface area is 171 Å². The van der Waals surface area contributed by atoms with Crippen LogP contribution in [0.15, 0.2) is 54.9 Å². The van der Waals surface area contributed by atoms with E-state index >= 15 is 0 Å². The van der Waals surface area contributed by atoms with Gasteiger partial charge in [0.2, 0.25) is 5.95 Å². The largest absolute Gasteiger partial charge is 0.339 e. The monoisotopic (exact) mass is 387 g/mol. The molecule has 1 saturated heterocycles. The number of pyridine rings is 1. The number of benzene rings is 1. The van der Waals surface area contributed by atoms with Gasteiger partial charge in [0, 0.05) is 55.4 Å². The summed E-state index contributed by atoms with van der Waals surface area (Å²) < 4.78 is 0. The molecule has 0 unspecified atom stereocenters. The molecule has 148 valence electrons. The molecule has 1 amide bonds. The van der Waals surface area contributed by atoms with Crippen LogP contribution in [0.25, 0.3) is 11.3 Å². The Hall–Kier alpha value is -3.28. The van der Waals surface area contributed by atoms with Gasteiger partial charge in [0.05, 0.1) is 5.69 Å². The summed E-state index contributed by atoms with van der Waals surface area (Å²) in [6, 6.07) is 13.7. The van der Waals surface area contributed by atoms with Gasteiger partial charge in [-0.1, -0.05) is 12.1 Å². The highest BCUT2D eigenvalue weighted by Crippen LogP contribution is 2.21. The zero-order valence-electron chi connectivity index (χ0n) is 16.9. The quantitative estimate of drug-likeness (QED) is 0.688. The summed E-state index contributed by atoms with van der Waals surface area (Å²) in [5.41, 5.74) is 4.72. The lowest BCUT2D eigenvalue weighted by Crippen LogP contribution is -2.35. The molecule has 2 aromatic heterocycles. The summed E-state index contributed by atoms with van der Waals surface area (Å²) in [4.78, 5) is 30.5. The van der Waals surface area contributed by atoms with Crippen molar-refractivity contribution < 1.29 is 4.79 Å². The van der Waals surface area contributed by atoms with Crippen LogP contribution in [0.5, 0.6) is 0 Å². The number of aryl methyl sites for hydroxylation is 2. The van der Waals surface area contributed by atoms with Gasteiger partial charge in [-0.05, 0) is 56.2 Å². The van der Waals surface area contributed by atoms with Crippen LogP contribution in [0, 0.1) is 13.8 Å². The van der Waals surface area contributed by atoms with Crippen LogP contribution in [-0.4, -0.2) is 51.9 Å². The van der Waals surface area contributed by atoms with Gasteiger partial charge in [-0.25, -0.2) is 9.97 Å². The number of anilines is 1. The van der Waals surface area contributed by atoms with E-state index in [2.05, 4.69) is 38.9 Å². The zero-order valence-corrected chi connectivity index (χ0v) is 16.9. The molecule has 0 N–H and O–H groups in total. The zero-order chi connectivity index (χ0) is 20.2. The second-order valence-electron chi connectivity index (χ2n) is 7.43. The Bertz CT molecular complexity index is 985. The molecule has 0 bridgehead atoms. The van der Waals surface area contributed by atoms with E-state index in [1.165, 1.54) is 5.56 Å². The van der Waals surface area contributed by atoms with Crippen LogP contribution in [0.2, 0.25) is 0 Å². The first-order valence-corrected chi connectivity index (χ1v) is 9.97. The average molecular weight is 387 g/mol. The van der Waals surface area contributed by atoms with E-state index in [1.54, 1.807) is 12.4 Å². The Balaban J connectivity index is 1.51. The van der Waals surface area contributed by atoms with E-state index in [9.17, 15) is 4.79 Å². The molecule has 1 fully saturated rings. The number of nitrogens with zero attached hydrogens (tertiary/aromatic N) is 5. The van der Waals surface area contributed by atoms with E-state index in [0.29, 0.717) is 12.1 Å². The molecule has 1 aliphatic heterocycles. The van der Waals surface area contributed by atoms with Crippen molar-refractivity contribution in [2.75, 3.05) is 31.1 Å². The first-order chi connectivity index (χ1) is 14.1. The maximum Gasteiger partial charge on any atom is 0.253 e. The van der Waals surface area contributed by atoms with Crippen molar-refractivity contribution in [2.24, 2.45) is 0 Å². The van der Waals surface area contributed by atoms with Gasteiger partial charge in [-0.2, -0.15) is 0 Å². The first kappa shape index (κ1) is 19.1. The normalized spacial score (nSPS) is 14.6. The van der Waals surface area contributed by atoms with Crippen molar-refractivity contribution in [2.45, 2.75) is 20.3 Å². The third-order valence-electron chi connectivity index (χ3n) is 5.12. The molecule has 1 aromatic carbocycles. The van der Waals surface area contributed by atoms with E-state index in [4.69, 9.17) is 0 Å². The van der Waals surface area contributed by atoms with Crippen LogP contribution >= 0.6 is 0 Å². The minimum atomic E-state index is 0.0621. The molecule has 6 nitrogen and oxygen atoms in total. The molecule has 3 heterocycles. The maximum absolute atomic E-state index is 13.2. The van der Waals surface area contributed by atoms with Gasteiger partial charge in [0.25, 0.3) is 5.91 Å². The number of carbonyl (C=O) groups excluding carboxylic acids is 1. The topological polar surface area (TPSA) is 62.2 Å². The molecule has 0 spiro atoms. The second kappa shape index (κ2) is 8.39. The third kappa shape index (κ3) is 4.42. The SMILES string of the molecule is Cc1cc(C)nc(-c2cccc(C(=O)N3CCCN(c4ncccn4)CC3)c2)c1. The van der Waals surface area contributed by atoms with Crippen LogP contribution in [0.4, 0.5) is 5.95 Å². The summed E-state index contributed by atoms with van der Waals surface area (Å²) in [7, 11) is 0. The summed E-state index contributed by atoms with van der Waals surface area (Å²) in [6.07, 6.45) is 4.40. The van der Waals surface area contributed by atoms with Crippen molar-refractivity contribution in [1.29, 1.82) is 0 Å². The van der Waals surface area contributed by atoms with E-state index < -0.39 is 0 Å². The molecule has 4 rings (SSSR count). The highest BCUT2D eigenvalue weighted by Gasteiger charge is 2.21. The first-order valence-electron chi connectivity index (χ1n) is 9.97. The molecule has 0 saturated carbocycles. The molecule has 3 aromatic rings. The molecule has 6 heteroatoms. The molecule has 0 aliphatic carbocycles. The summed E-state index contributed by atoms with van der Waals surface area (Å²) in [6.45, 7) is 7.02. The van der Waals surface area contributed by atoms with Crippen LogP contribution in [0.3, 0.4) is 0 Å². The Morgan fingerprint density at radius 3 is 2.55 bits per heavy atom. The smallest absolute Gasteiger partial charge is 0.253 e. The van der Waals surface area contributed by atoms with Gasteiger partial charge in [0.1, 0.15) is 0 Å². The summed E-state index contributed by atoms with van der Waals surface area (Å²) in [5.74, 6) is 0.789. The van der Waals surface area contributed by atoms with Crippen LogP contribution < -0.4 is 4.90 Å². The number of aromatic nitrogens is 3. The fourth-order valence-electron chi connectivity index (χ4n) is 3.76. The van der Waals surface area contributed by atoms with E-state index in [1.807, 2.05) is 42.2 Å². The van der Waals surface area contributed by atoms with Crippen molar-refractivity contribution in [3.05, 3.63) is 71.7 Å². The number of amides is 1. The van der Waals surface area contributed by atoms with Gasteiger partial charge < -0.3 is 9.80 Å². The number of carbonyl (C=O) groups is 1. The number of hydrogen-bond acceptors (Lipinski definition) is 5. The highest BCUT2D eigenvalue weighted by atomic mass is 16.2. The second-order valence-corrected chi connectivity index (χ2v) is 7.43. The molecule has 0 atom stereocenters. The van der Waals surface area contributed by atoms with Crippen molar-refractivity contribution >= 4 is 11.9 Å². The molecular formula is C23H25N5O. The fourth-order valence-corrected chi connectivity index (χ4v) is 3.76. The van der Waals surface area contributed by atoms with Gasteiger partial charge in [-0.15, -0.1) is 0 Å². The van der Waals surface area contributed by atoms with Crippen LogP contribution in [0.1, 0.15) is 28.0 Å².